The summed E-state index contributed by atoms with van der Waals surface area (Å²) in [5, 5.41) is 6.78. The summed E-state index contributed by atoms with van der Waals surface area (Å²) in [5.74, 6) is 0. The van der Waals surface area contributed by atoms with Gasteiger partial charge in [0.05, 0.1) is 0 Å². The van der Waals surface area contributed by atoms with E-state index in [1.807, 2.05) is 31.2 Å². The van der Waals surface area contributed by atoms with Crippen molar-refractivity contribution in [3.8, 4) is 0 Å². The van der Waals surface area contributed by atoms with E-state index in [-0.39, 0.29) is 0 Å². The molecule has 0 radical (unpaired) electrons. The molecular formula is C10H13N. The third-order valence-corrected chi connectivity index (χ3v) is 1.06. The number of hydrogen-bond donors (Lipinski definition) is 1. The zero-order chi connectivity index (χ0) is 8.53. The molecule has 0 aromatic rings. The van der Waals surface area contributed by atoms with E-state index >= 15 is 0 Å². The lowest BCUT2D eigenvalue weighted by molar-refractivity contribution is 1.51. The van der Waals surface area contributed by atoms with E-state index in [0.717, 1.165) is 5.57 Å². The Kier molecular flexibility index (Phi) is 5.91. The second kappa shape index (κ2) is 6.75. The number of rotatable bonds is 4. The van der Waals surface area contributed by atoms with E-state index in [0.29, 0.717) is 0 Å². The number of hydrogen-bond acceptors (Lipinski definition) is 1. The molecule has 0 aromatic heterocycles. The second-order valence-electron chi connectivity index (χ2n) is 2.06. The van der Waals surface area contributed by atoms with Crippen LogP contribution < -0.4 is 0 Å². The highest BCUT2D eigenvalue weighted by Gasteiger charge is 1.74. The molecular weight excluding hydrogens is 134 g/mol. The Morgan fingerprint density at radius 2 is 2.00 bits per heavy atom. The fraction of sp³-hybridized carbons (Fsp3) is 0.100. The summed E-state index contributed by atoms with van der Waals surface area (Å²) in [6.07, 6.45) is 12.3. The first kappa shape index (κ1) is 9.63. The lowest BCUT2D eigenvalue weighted by Gasteiger charge is -1.83. The first-order valence-electron chi connectivity index (χ1n) is 3.44. The lowest BCUT2D eigenvalue weighted by atomic mass is 10.2. The first-order chi connectivity index (χ1) is 5.31. The quantitative estimate of drug-likeness (QED) is 0.467. The molecule has 0 fully saturated rings. The van der Waals surface area contributed by atoms with Crippen LogP contribution in [0, 0.1) is 5.41 Å². The summed E-state index contributed by atoms with van der Waals surface area (Å²) < 4.78 is 0. The van der Waals surface area contributed by atoms with E-state index in [2.05, 4.69) is 6.58 Å². The van der Waals surface area contributed by atoms with Crippen LogP contribution in [-0.2, 0) is 0 Å². The molecule has 0 amide bonds. The molecule has 11 heavy (non-hydrogen) atoms. The van der Waals surface area contributed by atoms with E-state index in [9.17, 15) is 0 Å². The highest BCUT2D eigenvalue weighted by atomic mass is 14.3. The van der Waals surface area contributed by atoms with Crippen molar-refractivity contribution in [1.29, 1.82) is 5.41 Å². The van der Waals surface area contributed by atoms with Crippen LogP contribution in [0.1, 0.15) is 6.92 Å². The Balaban J connectivity index is 3.91. The minimum atomic E-state index is 1.06. The maximum atomic E-state index is 6.78. The van der Waals surface area contributed by atoms with Crippen molar-refractivity contribution in [2.75, 3.05) is 0 Å². The number of nitrogens with one attached hydrogen (secondary N) is 1. The van der Waals surface area contributed by atoms with E-state index < -0.39 is 0 Å². The maximum absolute atomic E-state index is 6.78. The minimum absolute atomic E-state index is 1.06. The molecule has 58 valence electrons. The Bertz CT molecular complexity index is 207. The number of allylic oxidation sites excluding steroid dienone is 7. The fourth-order valence-corrected chi connectivity index (χ4v) is 0.537. The molecule has 1 N–H and O–H groups in total. The third kappa shape index (κ3) is 6.52. The van der Waals surface area contributed by atoms with Gasteiger partial charge >= 0.3 is 0 Å². The van der Waals surface area contributed by atoms with Crippen molar-refractivity contribution in [2.24, 2.45) is 0 Å². The highest BCUT2D eigenvalue weighted by Crippen LogP contribution is 1.92. The molecule has 0 spiro atoms. The molecule has 0 unspecified atom stereocenters. The van der Waals surface area contributed by atoms with Gasteiger partial charge in [0.25, 0.3) is 0 Å². The average Bonchev–Trinajstić information content (AvgIpc) is 1.99. The Labute approximate surface area is 68.0 Å². The van der Waals surface area contributed by atoms with Crippen molar-refractivity contribution in [2.45, 2.75) is 6.92 Å². The zero-order valence-corrected chi connectivity index (χ0v) is 6.75. The van der Waals surface area contributed by atoms with Gasteiger partial charge in [0.15, 0.2) is 0 Å². The van der Waals surface area contributed by atoms with Crippen molar-refractivity contribution in [3.63, 3.8) is 0 Å². The van der Waals surface area contributed by atoms with Crippen molar-refractivity contribution in [3.05, 3.63) is 48.6 Å². The molecule has 0 heterocycles. The summed E-state index contributed by atoms with van der Waals surface area (Å²) in [4.78, 5) is 0. The maximum Gasteiger partial charge on any atom is 0.0180 e. The fourth-order valence-electron chi connectivity index (χ4n) is 0.537. The van der Waals surface area contributed by atoms with Crippen LogP contribution in [-0.4, -0.2) is 6.21 Å². The van der Waals surface area contributed by atoms with Gasteiger partial charge in [-0.2, -0.15) is 0 Å². The predicted octanol–water partition coefficient (Wildman–Crippen LogP) is 2.88. The molecule has 0 rings (SSSR count). The van der Waals surface area contributed by atoms with Crippen molar-refractivity contribution >= 4 is 6.21 Å². The Morgan fingerprint density at radius 3 is 2.55 bits per heavy atom. The van der Waals surface area contributed by atoms with Gasteiger partial charge < -0.3 is 5.41 Å². The molecule has 0 aliphatic carbocycles. The zero-order valence-electron chi connectivity index (χ0n) is 6.75. The summed E-state index contributed by atoms with van der Waals surface area (Å²) in [5.41, 5.74) is 1.06. The molecule has 0 aliphatic heterocycles. The van der Waals surface area contributed by atoms with Gasteiger partial charge in [0.1, 0.15) is 0 Å². The van der Waals surface area contributed by atoms with Gasteiger partial charge in [-0.1, -0.05) is 37.0 Å². The molecule has 0 saturated heterocycles. The SMILES string of the molecule is C=C/C=C/C=C\C(C)=C\C=N. The molecule has 0 saturated carbocycles. The standard InChI is InChI=1S/C10H13N/c1-3-4-5-6-7-10(2)8-9-11/h3-9,11H,1H2,2H3/b5-4+,7-6-,10-8+,11-9?. The summed E-state index contributed by atoms with van der Waals surface area (Å²) >= 11 is 0. The lowest BCUT2D eigenvalue weighted by Crippen LogP contribution is -1.67. The average molecular weight is 147 g/mol. The summed E-state index contributed by atoms with van der Waals surface area (Å²) in [6, 6.07) is 0. The van der Waals surface area contributed by atoms with E-state index in [4.69, 9.17) is 5.41 Å². The van der Waals surface area contributed by atoms with Gasteiger partial charge in [0, 0.05) is 6.21 Å². The Morgan fingerprint density at radius 1 is 1.27 bits per heavy atom. The molecule has 1 heteroatoms. The molecule has 0 aromatic carbocycles. The third-order valence-electron chi connectivity index (χ3n) is 1.06. The largest absolute Gasteiger partial charge is 0.309 e. The van der Waals surface area contributed by atoms with Gasteiger partial charge in [0.2, 0.25) is 0 Å². The van der Waals surface area contributed by atoms with E-state index in [1.165, 1.54) is 6.21 Å². The van der Waals surface area contributed by atoms with Crippen LogP contribution in [0.5, 0.6) is 0 Å². The van der Waals surface area contributed by atoms with Crippen LogP contribution >= 0.6 is 0 Å². The molecule has 0 atom stereocenters. The minimum Gasteiger partial charge on any atom is -0.309 e. The van der Waals surface area contributed by atoms with Gasteiger partial charge in [-0.25, -0.2) is 0 Å². The summed E-state index contributed by atoms with van der Waals surface area (Å²) in [6.45, 7) is 5.49. The monoisotopic (exact) mass is 147 g/mol. The van der Waals surface area contributed by atoms with Gasteiger partial charge in [-0.15, -0.1) is 0 Å². The molecule has 0 aliphatic rings. The second-order valence-corrected chi connectivity index (χ2v) is 2.06. The molecule has 0 bridgehead atoms. The summed E-state index contributed by atoms with van der Waals surface area (Å²) in [7, 11) is 0. The van der Waals surface area contributed by atoms with Crippen LogP contribution in [0.3, 0.4) is 0 Å². The topological polar surface area (TPSA) is 23.9 Å². The first-order valence-corrected chi connectivity index (χ1v) is 3.44. The normalized spacial score (nSPS) is 12.6. The van der Waals surface area contributed by atoms with Gasteiger partial charge in [-0.3, -0.25) is 0 Å². The van der Waals surface area contributed by atoms with Crippen LogP contribution in [0.25, 0.3) is 0 Å². The van der Waals surface area contributed by atoms with E-state index in [1.54, 1.807) is 12.2 Å². The van der Waals surface area contributed by atoms with Crippen LogP contribution in [0.2, 0.25) is 0 Å². The molecule has 1 nitrogen and oxygen atoms in total. The van der Waals surface area contributed by atoms with Crippen LogP contribution in [0.15, 0.2) is 48.6 Å². The van der Waals surface area contributed by atoms with Gasteiger partial charge in [-0.05, 0) is 18.6 Å². The Hall–Kier alpha value is -1.37. The predicted molar refractivity (Wildman–Crippen MR) is 51.0 cm³/mol. The smallest absolute Gasteiger partial charge is 0.0180 e. The van der Waals surface area contributed by atoms with Crippen molar-refractivity contribution < 1.29 is 0 Å². The van der Waals surface area contributed by atoms with Crippen LogP contribution in [0.4, 0.5) is 0 Å². The highest BCUT2D eigenvalue weighted by molar-refractivity contribution is 5.69. The van der Waals surface area contributed by atoms with Crippen molar-refractivity contribution in [1.82, 2.24) is 0 Å².